The van der Waals surface area contributed by atoms with Crippen LogP contribution in [0.3, 0.4) is 0 Å². The summed E-state index contributed by atoms with van der Waals surface area (Å²) < 4.78 is 0. The van der Waals surface area contributed by atoms with Crippen LogP contribution in [-0.2, 0) is 16.0 Å². The molecule has 2 amide bonds. The molecule has 0 aliphatic rings. The lowest BCUT2D eigenvalue weighted by Gasteiger charge is -2.15. The number of rotatable bonds is 7. The molecule has 2 aromatic carbocycles. The number of hydrogen-bond acceptors (Lipinski definition) is 3. The molecule has 0 aliphatic carbocycles. The van der Waals surface area contributed by atoms with E-state index in [2.05, 4.69) is 10.6 Å². The van der Waals surface area contributed by atoms with E-state index in [1.807, 2.05) is 0 Å². The molecule has 0 saturated carbocycles. The maximum absolute atomic E-state index is 11.9. The van der Waals surface area contributed by atoms with Gasteiger partial charge in [-0.2, -0.15) is 0 Å². The van der Waals surface area contributed by atoms with Crippen molar-refractivity contribution in [3.05, 3.63) is 70.7 Å². The number of nitrogens with one attached hydrogen (secondary N) is 2. The van der Waals surface area contributed by atoms with Gasteiger partial charge in [0.25, 0.3) is 5.91 Å². The van der Waals surface area contributed by atoms with Gasteiger partial charge in [0.2, 0.25) is 5.91 Å². The fraction of sp³-hybridized carbons (Fsp3) is 0.167. The highest BCUT2D eigenvalue weighted by Crippen LogP contribution is 2.11. The largest absolute Gasteiger partial charge is 0.480 e. The number of aliphatic carboxylic acids is 1. The summed E-state index contributed by atoms with van der Waals surface area (Å²) in [5.74, 6) is -2.14. The first-order valence-electron chi connectivity index (χ1n) is 7.55. The Balaban J connectivity index is 1.88. The summed E-state index contributed by atoms with van der Waals surface area (Å²) >= 11 is 5.79. The third-order valence-corrected chi connectivity index (χ3v) is 3.68. The predicted molar refractivity (Wildman–Crippen MR) is 93.5 cm³/mol. The Kier molecular flexibility index (Phi) is 6.54. The molecule has 6 nitrogen and oxygen atoms in total. The zero-order valence-electron chi connectivity index (χ0n) is 13.2. The van der Waals surface area contributed by atoms with Crippen LogP contribution in [0.1, 0.15) is 15.9 Å². The van der Waals surface area contributed by atoms with E-state index in [0.717, 1.165) is 5.56 Å². The Bertz CT molecular complexity index is 747. The van der Waals surface area contributed by atoms with Gasteiger partial charge in [-0.25, -0.2) is 4.79 Å². The highest BCUT2D eigenvalue weighted by atomic mass is 35.5. The lowest BCUT2D eigenvalue weighted by Crippen LogP contribution is -2.46. The minimum atomic E-state index is -1.15. The molecule has 25 heavy (non-hydrogen) atoms. The van der Waals surface area contributed by atoms with Gasteiger partial charge in [0, 0.05) is 17.0 Å². The van der Waals surface area contributed by atoms with Crippen molar-refractivity contribution >= 4 is 29.4 Å². The molecular formula is C18H17ClN2O4. The van der Waals surface area contributed by atoms with Crippen molar-refractivity contribution in [1.82, 2.24) is 10.6 Å². The summed E-state index contributed by atoms with van der Waals surface area (Å²) in [5.41, 5.74) is 1.15. The van der Waals surface area contributed by atoms with Gasteiger partial charge >= 0.3 is 5.97 Å². The average molecular weight is 361 g/mol. The highest BCUT2D eigenvalue weighted by Gasteiger charge is 2.20. The third-order valence-electron chi connectivity index (χ3n) is 3.43. The van der Waals surface area contributed by atoms with Gasteiger partial charge < -0.3 is 15.7 Å². The number of carboxylic acid groups (broad SMARTS) is 1. The van der Waals surface area contributed by atoms with E-state index in [-0.39, 0.29) is 13.0 Å². The molecule has 0 aromatic heterocycles. The fourth-order valence-electron chi connectivity index (χ4n) is 2.15. The number of carbonyl (C=O) groups excluding carboxylic acids is 2. The topological polar surface area (TPSA) is 95.5 Å². The summed E-state index contributed by atoms with van der Waals surface area (Å²) in [7, 11) is 0. The smallest absolute Gasteiger partial charge is 0.326 e. The second-order valence-electron chi connectivity index (χ2n) is 5.34. The number of benzene rings is 2. The second-order valence-corrected chi connectivity index (χ2v) is 5.77. The number of hydrogen-bond donors (Lipinski definition) is 3. The van der Waals surface area contributed by atoms with Crippen LogP contribution in [0.25, 0.3) is 0 Å². The Morgan fingerprint density at radius 2 is 1.64 bits per heavy atom. The van der Waals surface area contributed by atoms with Gasteiger partial charge in [-0.3, -0.25) is 9.59 Å². The molecular weight excluding hydrogens is 344 g/mol. The molecule has 0 bridgehead atoms. The summed E-state index contributed by atoms with van der Waals surface area (Å²) in [6, 6.07) is 14.0. The zero-order chi connectivity index (χ0) is 18.2. The Morgan fingerprint density at radius 3 is 2.24 bits per heavy atom. The van der Waals surface area contributed by atoms with Crippen molar-refractivity contribution in [3.8, 4) is 0 Å². The molecule has 7 heteroatoms. The van der Waals surface area contributed by atoms with Gasteiger partial charge in [0.1, 0.15) is 6.04 Å². The Labute approximate surface area is 149 Å². The third kappa shape index (κ3) is 5.93. The van der Waals surface area contributed by atoms with Crippen LogP contribution >= 0.6 is 11.6 Å². The van der Waals surface area contributed by atoms with Crippen LogP contribution in [0.15, 0.2) is 54.6 Å². The van der Waals surface area contributed by atoms with E-state index in [1.165, 1.54) is 0 Å². The standard InChI is InChI=1S/C18H17ClN2O4/c19-14-8-6-12(7-9-14)10-15(18(24)25)21-16(22)11-20-17(23)13-4-2-1-3-5-13/h1-9,15H,10-11H2,(H,20,23)(H,21,22)(H,24,25)/t15-/m1/s1. The number of amides is 2. The van der Waals surface area contributed by atoms with E-state index < -0.39 is 23.8 Å². The van der Waals surface area contributed by atoms with Crippen LogP contribution in [0.2, 0.25) is 5.02 Å². The van der Waals surface area contributed by atoms with Crippen molar-refractivity contribution in [3.63, 3.8) is 0 Å². The minimum Gasteiger partial charge on any atom is -0.480 e. The molecule has 0 unspecified atom stereocenters. The minimum absolute atomic E-state index is 0.116. The van der Waals surface area contributed by atoms with Gasteiger partial charge in [0.05, 0.1) is 6.54 Å². The summed E-state index contributed by atoms with van der Waals surface area (Å²) in [5, 5.41) is 14.7. The predicted octanol–water partition coefficient (Wildman–Crippen LogP) is 1.88. The molecule has 0 radical (unpaired) electrons. The van der Waals surface area contributed by atoms with Crippen molar-refractivity contribution in [2.45, 2.75) is 12.5 Å². The highest BCUT2D eigenvalue weighted by molar-refractivity contribution is 6.30. The maximum atomic E-state index is 11.9. The molecule has 2 aromatic rings. The molecule has 2 rings (SSSR count). The van der Waals surface area contributed by atoms with Gasteiger partial charge in [0.15, 0.2) is 0 Å². The first-order chi connectivity index (χ1) is 12.0. The normalized spacial score (nSPS) is 11.4. The van der Waals surface area contributed by atoms with Crippen LogP contribution in [0.4, 0.5) is 0 Å². The molecule has 0 saturated heterocycles. The number of halogens is 1. The van der Waals surface area contributed by atoms with E-state index in [4.69, 9.17) is 11.6 Å². The van der Waals surface area contributed by atoms with E-state index >= 15 is 0 Å². The second kappa shape index (κ2) is 8.84. The number of carbonyl (C=O) groups is 3. The van der Waals surface area contributed by atoms with Crippen LogP contribution in [0, 0.1) is 0 Å². The fourth-order valence-corrected chi connectivity index (χ4v) is 2.28. The first-order valence-corrected chi connectivity index (χ1v) is 7.93. The van der Waals surface area contributed by atoms with Crippen molar-refractivity contribution in [1.29, 1.82) is 0 Å². The summed E-state index contributed by atoms with van der Waals surface area (Å²) in [4.78, 5) is 35.1. The first kappa shape index (κ1) is 18.5. The molecule has 0 spiro atoms. The Hall–Kier alpha value is -2.86. The van der Waals surface area contributed by atoms with Gasteiger partial charge in [-0.05, 0) is 29.8 Å². The van der Waals surface area contributed by atoms with E-state index in [1.54, 1.807) is 54.6 Å². The lowest BCUT2D eigenvalue weighted by atomic mass is 10.1. The Morgan fingerprint density at radius 1 is 1.00 bits per heavy atom. The van der Waals surface area contributed by atoms with Crippen LogP contribution in [-0.4, -0.2) is 35.5 Å². The average Bonchev–Trinajstić information content (AvgIpc) is 2.61. The summed E-state index contributed by atoms with van der Waals surface area (Å²) in [6.07, 6.45) is 0.116. The molecule has 0 aliphatic heterocycles. The molecule has 1 atom stereocenters. The van der Waals surface area contributed by atoms with Crippen LogP contribution < -0.4 is 10.6 Å². The van der Waals surface area contributed by atoms with Crippen molar-refractivity contribution in [2.24, 2.45) is 0 Å². The molecule has 0 heterocycles. The maximum Gasteiger partial charge on any atom is 0.326 e. The molecule has 3 N–H and O–H groups in total. The van der Waals surface area contributed by atoms with Gasteiger partial charge in [-0.1, -0.05) is 41.9 Å². The van der Waals surface area contributed by atoms with Crippen LogP contribution in [0.5, 0.6) is 0 Å². The zero-order valence-corrected chi connectivity index (χ0v) is 14.0. The molecule has 0 fully saturated rings. The SMILES string of the molecule is O=C(CNC(=O)c1ccccc1)N[C@H](Cc1ccc(Cl)cc1)C(=O)O. The quantitative estimate of drug-likeness (QED) is 0.702. The summed E-state index contributed by atoms with van der Waals surface area (Å²) in [6.45, 7) is -0.307. The van der Waals surface area contributed by atoms with Crippen molar-refractivity contribution in [2.75, 3.05) is 6.54 Å². The monoisotopic (exact) mass is 360 g/mol. The molecule has 130 valence electrons. The van der Waals surface area contributed by atoms with E-state index in [0.29, 0.717) is 10.6 Å². The number of carboxylic acids is 1. The van der Waals surface area contributed by atoms with E-state index in [9.17, 15) is 19.5 Å². The van der Waals surface area contributed by atoms with Crippen molar-refractivity contribution < 1.29 is 19.5 Å². The van der Waals surface area contributed by atoms with Gasteiger partial charge in [-0.15, -0.1) is 0 Å². The lowest BCUT2D eigenvalue weighted by molar-refractivity contribution is -0.141.